The van der Waals surface area contributed by atoms with Crippen LogP contribution in [0.2, 0.25) is 0 Å². The van der Waals surface area contributed by atoms with E-state index in [-0.39, 0.29) is 11.9 Å². The van der Waals surface area contributed by atoms with Crippen molar-refractivity contribution in [3.63, 3.8) is 0 Å². The smallest absolute Gasteiger partial charge is 0.322 e. The third-order valence-electron chi connectivity index (χ3n) is 3.00. The average molecular weight is 258 g/mol. The van der Waals surface area contributed by atoms with Gasteiger partial charge in [-0.05, 0) is 25.1 Å². The molecule has 1 atom stereocenters. The number of anilines is 1. The summed E-state index contributed by atoms with van der Waals surface area (Å²) in [7, 11) is 0. The lowest BCUT2D eigenvalue weighted by Crippen LogP contribution is -2.56. The summed E-state index contributed by atoms with van der Waals surface area (Å²) in [5.74, 6) is -0.160. The van der Waals surface area contributed by atoms with E-state index in [0.29, 0.717) is 24.3 Å². The SMILES string of the molecule is CC1C(=O)NCCN1C(=O)Nc1cccc(C#N)c1. The Balaban J connectivity index is 2.08. The second kappa shape index (κ2) is 5.40. The van der Waals surface area contributed by atoms with Gasteiger partial charge in [0.05, 0.1) is 11.6 Å². The van der Waals surface area contributed by atoms with Crippen LogP contribution >= 0.6 is 0 Å². The van der Waals surface area contributed by atoms with E-state index in [4.69, 9.17) is 5.26 Å². The zero-order valence-electron chi connectivity index (χ0n) is 10.5. The predicted octanol–water partition coefficient (Wildman–Crippen LogP) is 0.910. The number of nitriles is 1. The minimum absolute atomic E-state index is 0.160. The number of rotatable bonds is 1. The maximum absolute atomic E-state index is 12.1. The highest BCUT2D eigenvalue weighted by molar-refractivity contribution is 5.94. The molecule has 1 unspecified atom stereocenters. The van der Waals surface area contributed by atoms with Gasteiger partial charge in [0.2, 0.25) is 5.91 Å². The van der Waals surface area contributed by atoms with Crippen molar-refractivity contribution in [1.82, 2.24) is 10.2 Å². The maximum Gasteiger partial charge on any atom is 0.322 e. The van der Waals surface area contributed by atoms with Crippen LogP contribution in [0.3, 0.4) is 0 Å². The van der Waals surface area contributed by atoms with Crippen LogP contribution in [-0.2, 0) is 4.79 Å². The van der Waals surface area contributed by atoms with Crippen LogP contribution in [-0.4, -0.2) is 36.0 Å². The molecule has 1 aromatic rings. The fourth-order valence-electron chi connectivity index (χ4n) is 1.92. The zero-order valence-corrected chi connectivity index (χ0v) is 10.5. The first-order valence-corrected chi connectivity index (χ1v) is 5.97. The molecule has 6 heteroatoms. The second-order valence-electron chi connectivity index (χ2n) is 4.28. The number of nitrogens with zero attached hydrogens (tertiary/aromatic N) is 2. The van der Waals surface area contributed by atoms with Gasteiger partial charge in [0.1, 0.15) is 6.04 Å². The molecule has 1 aliphatic rings. The number of hydrogen-bond donors (Lipinski definition) is 2. The lowest BCUT2D eigenvalue weighted by Gasteiger charge is -2.32. The van der Waals surface area contributed by atoms with Gasteiger partial charge in [-0.1, -0.05) is 6.07 Å². The van der Waals surface area contributed by atoms with Gasteiger partial charge in [-0.15, -0.1) is 0 Å². The topological polar surface area (TPSA) is 85.2 Å². The number of carbonyl (C=O) groups is 2. The molecule has 1 fully saturated rings. The van der Waals surface area contributed by atoms with Gasteiger partial charge in [0.15, 0.2) is 0 Å². The predicted molar refractivity (Wildman–Crippen MR) is 69.4 cm³/mol. The number of carbonyl (C=O) groups excluding carboxylic acids is 2. The highest BCUT2D eigenvalue weighted by Crippen LogP contribution is 2.12. The fourth-order valence-corrected chi connectivity index (χ4v) is 1.92. The van der Waals surface area contributed by atoms with Crippen LogP contribution in [0.15, 0.2) is 24.3 Å². The monoisotopic (exact) mass is 258 g/mol. The first kappa shape index (κ1) is 12.9. The van der Waals surface area contributed by atoms with E-state index in [0.717, 1.165) is 0 Å². The molecule has 2 rings (SSSR count). The molecular formula is C13H14N4O2. The van der Waals surface area contributed by atoms with Gasteiger partial charge < -0.3 is 15.5 Å². The van der Waals surface area contributed by atoms with E-state index in [2.05, 4.69) is 10.6 Å². The van der Waals surface area contributed by atoms with E-state index in [1.54, 1.807) is 31.2 Å². The van der Waals surface area contributed by atoms with Crippen molar-refractivity contribution in [2.75, 3.05) is 18.4 Å². The van der Waals surface area contributed by atoms with Gasteiger partial charge in [0.25, 0.3) is 0 Å². The van der Waals surface area contributed by atoms with Crippen molar-refractivity contribution in [2.45, 2.75) is 13.0 Å². The van der Waals surface area contributed by atoms with Crippen LogP contribution in [0.4, 0.5) is 10.5 Å². The van der Waals surface area contributed by atoms with E-state index in [9.17, 15) is 9.59 Å². The zero-order chi connectivity index (χ0) is 13.8. The van der Waals surface area contributed by atoms with E-state index < -0.39 is 6.04 Å². The molecule has 19 heavy (non-hydrogen) atoms. The summed E-state index contributed by atoms with van der Waals surface area (Å²) < 4.78 is 0. The largest absolute Gasteiger partial charge is 0.353 e. The highest BCUT2D eigenvalue weighted by Gasteiger charge is 2.29. The summed E-state index contributed by atoms with van der Waals surface area (Å²) in [5, 5.41) is 14.2. The Kier molecular flexibility index (Phi) is 3.66. The van der Waals surface area contributed by atoms with Crippen molar-refractivity contribution >= 4 is 17.6 Å². The standard InChI is InChI=1S/C13H14N4O2/c1-9-12(18)15-5-6-17(9)13(19)16-11-4-2-3-10(7-11)8-14/h2-4,7,9H,5-6H2,1H3,(H,15,18)(H,16,19). The molecule has 1 saturated heterocycles. The van der Waals surface area contributed by atoms with Crippen LogP contribution in [0.25, 0.3) is 0 Å². The van der Waals surface area contributed by atoms with Crippen molar-refractivity contribution < 1.29 is 9.59 Å². The molecular weight excluding hydrogens is 244 g/mol. The Morgan fingerprint density at radius 2 is 2.37 bits per heavy atom. The number of piperazine rings is 1. The molecule has 98 valence electrons. The van der Waals surface area contributed by atoms with Crippen LogP contribution < -0.4 is 10.6 Å². The first-order valence-electron chi connectivity index (χ1n) is 5.97. The first-order chi connectivity index (χ1) is 9.11. The van der Waals surface area contributed by atoms with Gasteiger partial charge in [-0.25, -0.2) is 4.79 Å². The molecule has 3 amide bonds. The van der Waals surface area contributed by atoms with Gasteiger partial charge in [-0.3, -0.25) is 4.79 Å². The Hall–Kier alpha value is -2.55. The summed E-state index contributed by atoms with van der Waals surface area (Å²) in [6.07, 6.45) is 0. The summed E-state index contributed by atoms with van der Waals surface area (Å²) in [6, 6.07) is 7.82. The Morgan fingerprint density at radius 1 is 1.58 bits per heavy atom. The summed E-state index contributed by atoms with van der Waals surface area (Å²) in [4.78, 5) is 25.0. The van der Waals surface area contributed by atoms with Crippen molar-refractivity contribution in [3.05, 3.63) is 29.8 Å². The minimum Gasteiger partial charge on any atom is -0.353 e. The fraction of sp³-hybridized carbons (Fsp3) is 0.308. The average Bonchev–Trinajstić information content (AvgIpc) is 2.42. The maximum atomic E-state index is 12.1. The van der Waals surface area contributed by atoms with Gasteiger partial charge in [0, 0.05) is 18.8 Å². The van der Waals surface area contributed by atoms with E-state index in [1.165, 1.54) is 4.90 Å². The lowest BCUT2D eigenvalue weighted by atomic mass is 10.2. The molecule has 0 aliphatic carbocycles. The molecule has 1 heterocycles. The number of benzene rings is 1. The molecule has 0 saturated carbocycles. The number of urea groups is 1. The second-order valence-corrected chi connectivity index (χ2v) is 4.28. The Morgan fingerprint density at radius 3 is 3.11 bits per heavy atom. The third-order valence-corrected chi connectivity index (χ3v) is 3.00. The molecule has 0 bridgehead atoms. The van der Waals surface area contributed by atoms with Crippen molar-refractivity contribution in [2.24, 2.45) is 0 Å². The number of amides is 3. The molecule has 1 aromatic carbocycles. The quantitative estimate of drug-likeness (QED) is 0.785. The highest BCUT2D eigenvalue weighted by atomic mass is 16.2. The Labute approximate surface area is 111 Å². The minimum atomic E-state index is -0.493. The Bertz CT molecular complexity index is 550. The van der Waals surface area contributed by atoms with Gasteiger partial charge in [-0.2, -0.15) is 5.26 Å². The van der Waals surface area contributed by atoms with Crippen LogP contribution in [0.5, 0.6) is 0 Å². The summed E-state index contributed by atoms with van der Waals surface area (Å²) >= 11 is 0. The number of nitrogens with one attached hydrogen (secondary N) is 2. The summed E-state index contributed by atoms with van der Waals surface area (Å²) in [5.41, 5.74) is 1.02. The molecule has 0 radical (unpaired) electrons. The normalized spacial score (nSPS) is 18.4. The summed E-state index contributed by atoms with van der Waals surface area (Å²) in [6.45, 7) is 2.60. The van der Waals surface area contributed by atoms with Crippen molar-refractivity contribution in [3.8, 4) is 6.07 Å². The number of hydrogen-bond acceptors (Lipinski definition) is 3. The lowest BCUT2D eigenvalue weighted by molar-refractivity contribution is -0.126. The third kappa shape index (κ3) is 2.83. The van der Waals surface area contributed by atoms with Crippen LogP contribution in [0, 0.1) is 11.3 Å². The molecule has 1 aliphatic heterocycles. The van der Waals surface area contributed by atoms with E-state index >= 15 is 0 Å². The molecule has 0 aromatic heterocycles. The van der Waals surface area contributed by atoms with E-state index in [1.807, 2.05) is 6.07 Å². The van der Waals surface area contributed by atoms with Gasteiger partial charge >= 0.3 is 6.03 Å². The molecule has 6 nitrogen and oxygen atoms in total. The van der Waals surface area contributed by atoms with Crippen LogP contribution in [0.1, 0.15) is 12.5 Å². The molecule has 2 N–H and O–H groups in total. The van der Waals surface area contributed by atoms with Crippen molar-refractivity contribution in [1.29, 1.82) is 5.26 Å². The molecule has 0 spiro atoms.